The van der Waals surface area contributed by atoms with Gasteiger partial charge in [-0.1, -0.05) is 6.42 Å². The van der Waals surface area contributed by atoms with Gasteiger partial charge in [0.2, 0.25) is 0 Å². The van der Waals surface area contributed by atoms with E-state index in [0.717, 1.165) is 32.4 Å². The van der Waals surface area contributed by atoms with Crippen LogP contribution in [0.3, 0.4) is 0 Å². The fraction of sp³-hybridized carbons (Fsp3) is 0.889. The third kappa shape index (κ3) is 3.48. The Hall–Kier alpha value is -0.350. The lowest BCUT2D eigenvalue weighted by molar-refractivity contribution is 0.134. The molecule has 1 rings (SSSR count). The molecule has 3 nitrogen and oxygen atoms in total. The van der Waals surface area contributed by atoms with Crippen molar-refractivity contribution in [2.24, 2.45) is 5.92 Å². The van der Waals surface area contributed by atoms with E-state index >= 15 is 0 Å². The average Bonchev–Trinajstić information content (AvgIpc) is 2.48. The molecule has 0 spiro atoms. The highest BCUT2D eigenvalue weighted by Gasteiger charge is 2.24. The van der Waals surface area contributed by atoms with Gasteiger partial charge in [0.15, 0.2) is 5.11 Å². The Labute approximate surface area is 84.9 Å². The van der Waals surface area contributed by atoms with Gasteiger partial charge in [-0.2, -0.15) is 0 Å². The Balaban J connectivity index is 2.14. The second kappa shape index (κ2) is 5.40. The van der Waals surface area contributed by atoms with Gasteiger partial charge in [-0.25, -0.2) is 0 Å². The summed E-state index contributed by atoms with van der Waals surface area (Å²) in [4.78, 5) is 0. The largest absolute Gasteiger partial charge is 0.393 e. The van der Waals surface area contributed by atoms with E-state index in [2.05, 4.69) is 10.6 Å². The highest BCUT2D eigenvalue weighted by molar-refractivity contribution is 7.80. The Morgan fingerprint density at radius 2 is 2.23 bits per heavy atom. The molecule has 1 fully saturated rings. The lowest BCUT2D eigenvalue weighted by atomic mass is 10.1. The maximum atomic E-state index is 9.53. The Bertz CT molecular complexity index is 175. The van der Waals surface area contributed by atoms with Crippen LogP contribution in [0.15, 0.2) is 0 Å². The molecule has 0 radical (unpaired) electrons. The van der Waals surface area contributed by atoms with E-state index in [0.29, 0.717) is 11.0 Å². The van der Waals surface area contributed by atoms with Crippen molar-refractivity contribution in [2.45, 2.75) is 32.3 Å². The average molecular weight is 202 g/mol. The van der Waals surface area contributed by atoms with Crippen LogP contribution < -0.4 is 10.6 Å². The van der Waals surface area contributed by atoms with Gasteiger partial charge < -0.3 is 15.7 Å². The summed E-state index contributed by atoms with van der Waals surface area (Å²) >= 11 is 5.02. The molecule has 2 atom stereocenters. The van der Waals surface area contributed by atoms with Gasteiger partial charge in [0.05, 0.1) is 6.10 Å². The van der Waals surface area contributed by atoms with Crippen molar-refractivity contribution >= 4 is 17.3 Å². The van der Waals surface area contributed by atoms with Gasteiger partial charge in [0, 0.05) is 19.0 Å². The van der Waals surface area contributed by atoms with Crippen LogP contribution in [-0.2, 0) is 0 Å². The molecule has 1 saturated carbocycles. The van der Waals surface area contributed by atoms with E-state index in [-0.39, 0.29) is 6.10 Å². The summed E-state index contributed by atoms with van der Waals surface area (Å²) in [6.45, 7) is 3.66. The van der Waals surface area contributed by atoms with Crippen LogP contribution in [0.5, 0.6) is 0 Å². The number of rotatable bonds is 3. The fourth-order valence-electron chi connectivity index (χ4n) is 1.70. The van der Waals surface area contributed by atoms with Crippen molar-refractivity contribution in [3.8, 4) is 0 Å². The molecule has 0 aromatic heterocycles. The molecule has 3 N–H and O–H groups in total. The molecule has 1 aliphatic rings. The predicted molar refractivity (Wildman–Crippen MR) is 57.6 cm³/mol. The summed E-state index contributed by atoms with van der Waals surface area (Å²) in [5, 5.41) is 16.4. The van der Waals surface area contributed by atoms with Crippen molar-refractivity contribution in [3.05, 3.63) is 0 Å². The minimum atomic E-state index is -0.128. The van der Waals surface area contributed by atoms with Crippen LogP contribution in [0.4, 0.5) is 0 Å². The van der Waals surface area contributed by atoms with Gasteiger partial charge in [0.1, 0.15) is 0 Å². The van der Waals surface area contributed by atoms with Crippen molar-refractivity contribution in [3.63, 3.8) is 0 Å². The summed E-state index contributed by atoms with van der Waals surface area (Å²) in [5.74, 6) is 0.386. The van der Waals surface area contributed by atoms with Gasteiger partial charge >= 0.3 is 0 Å². The zero-order valence-electron chi connectivity index (χ0n) is 8.05. The zero-order chi connectivity index (χ0) is 9.68. The van der Waals surface area contributed by atoms with E-state index < -0.39 is 0 Å². The molecule has 0 saturated heterocycles. The van der Waals surface area contributed by atoms with E-state index in [4.69, 9.17) is 12.2 Å². The van der Waals surface area contributed by atoms with Crippen LogP contribution >= 0.6 is 12.2 Å². The van der Waals surface area contributed by atoms with E-state index in [1.165, 1.54) is 0 Å². The highest BCUT2D eigenvalue weighted by atomic mass is 32.1. The number of aliphatic hydroxyl groups excluding tert-OH is 1. The van der Waals surface area contributed by atoms with E-state index in [1.807, 2.05) is 6.92 Å². The summed E-state index contributed by atoms with van der Waals surface area (Å²) < 4.78 is 0. The zero-order valence-corrected chi connectivity index (χ0v) is 8.86. The summed E-state index contributed by atoms with van der Waals surface area (Å²) in [6.07, 6.45) is 3.07. The van der Waals surface area contributed by atoms with Crippen molar-refractivity contribution < 1.29 is 5.11 Å². The van der Waals surface area contributed by atoms with Crippen LogP contribution in [0, 0.1) is 5.92 Å². The molecule has 1 aliphatic carbocycles. The first kappa shape index (κ1) is 10.7. The molecule has 2 unspecified atom stereocenters. The fourth-order valence-corrected chi connectivity index (χ4v) is 1.93. The number of thiocarbonyl (C=S) groups is 1. The molecular weight excluding hydrogens is 184 g/mol. The SMILES string of the molecule is CCNC(=S)NCC1CCCC1O. The standard InChI is InChI=1S/C9H18N2OS/c1-2-10-9(13)11-6-7-4-3-5-8(7)12/h7-8,12H,2-6H2,1H3,(H2,10,11,13). The Morgan fingerprint density at radius 1 is 1.46 bits per heavy atom. The molecule has 0 bridgehead atoms. The molecule has 0 heterocycles. The summed E-state index contributed by atoms with van der Waals surface area (Å²) in [5.41, 5.74) is 0. The molecule has 0 aromatic rings. The highest BCUT2D eigenvalue weighted by Crippen LogP contribution is 2.24. The first-order valence-corrected chi connectivity index (χ1v) is 5.34. The first-order chi connectivity index (χ1) is 6.24. The third-order valence-corrected chi connectivity index (χ3v) is 2.77. The van der Waals surface area contributed by atoms with Crippen LogP contribution in [0.1, 0.15) is 26.2 Å². The lowest BCUT2D eigenvalue weighted by Crippen LogP contribution is -2.39. The molecule has 0 amide bonds. The minimum absolute atomic E-state index is 0.128. The smallest absolute Gasteiger partial charge is 0.166 e. The van der Waals surface area contributed by atoms with Crippen LogP contribution in [-0.4, -0.2) is 29.4 Å². The van der Waals surface area contributed by atoms with Crippen LogP contribution in [0.25, 0.3) is 0 Å². The molecule has 0 aliphatic heterocycles. The molecule has 76 valence electrons. The second-order valence-corrected chi connectivity index (χ2v) is 3.91. The van der Waals surface area contributed by atoms with Crippen molar-refractivity contribution in [2.75, 3.05) is 13.1 Å². The molecular formula is C9H18N2OS. The predicted octanol–water partition coefficient (Wildman–Crippen LogP) is 0.631. The number of hydrogen-bond donors (Lipinski definition) is 3. The van der Waals surface area contributed by atoms with Crippen molar-refractivity contribution in [1.29, 1.82) is 0 Å². The maximum Gasteiger partial charge on any atom is 0.166 e. The van der Waals surface area contributed by atoms with Gasteiger partial charge in [-0.3, -0.25) is 0 Å². The van der Waals surface area contributed by atoms with Gasteiger partial charge in [-0.05, 0) is 32.0 Å². The molecule has 13 heavy (non-hydrogen) atoms. The van der Waals surface area contributed by atoms with E-state index in [1.54, 1.807) is 0 Å². The monoisotopic (exact) mass is 202 g/mol. The van der Waals surface area contributed by atoms with Crippen LogP contribution in [0.2, 0.25) is 0 Å². The topological polar surface area (TPSA) is 44.3 Å². The first-order valence-electron chi connectivity index (χ1n) is 4.93. The summed E-state index contributed by atoms with van der Waals surface area (Å²) in [7, 11) is 0. The number of nitrogens with one attached hydrogen (secondary N) is 2. The second-order valence-electron chi connectivity index (χ2n) is 3.50. The van der Waals surface area contributed by atoms with Crippen molar-refractivity contribution in [1.82, 2.24) is 10.6 Å². The Kier molecular flexibility index (Phi) is 4.45. The number of aliphatic hydroxyl groups is 1. The maximum absolute atomic E-state index is 9.53. The molecule has 0 aromatic carbocycles. The van der Waals surface area contributed by atoms with E-state index in [9.17, 15) is 5.11 Å². The summed E-state index contributed by atoms with van der Waals surface area (Å²) in [6, 6.07) is 0. The quantitative estimate of drug-likeness (QED) is 0.587. The Morgan fingerprint density at radius 3 is 2.77 bits per heavy atom. The molecule has 4 heteroatoms. The third-order valence-electron chi connectivity index (χ3n) is 2.48. The van der Waals surface area contributed by atoms with Gasteiger partial charge in [0.25, 0.3) is 0 Å². The lowest BCUT2D eigenvalue weighted by Gasteiger charge is -2.16. The minimum Gasteiger partial charge on any atom is -0.393 e. The van der Waals surface area contributed by atoms with Gasteiger partial charge in [-0.15, -0.1) is 0 Å². The number of hydrogen-bond acceptors (Lipinski definition) is 2. The normalized spacial score (nSPS) is 27.2.